The van der Waals surface area contributed by atoms with Crippen molar-refractivity contribution >= 4 is 17.5 Å². The van der Waals surface area contributed by atoms with Crippen molar-refractivity contribution in [2.24, 2.45) is 5.92 Å². The van der Waals surface area contributed by atoms with E-state index >= 15 is 0 Å². The van der Waals surface area contributed by atoms with Crippen LogP contribution >= 0.6 is 0 Å². The summed E-state index contributed by atoms with van der Waals surface area (Å²) in [7, 11) is 0. The Morgan fingerprint density at radius 3 is 2.45 bits per heavy atom. The first-order valence-electron chi connectivity index (χ1n) is 8.21. The van der Waals surface area contributed by atoms with Gasteiger partial charge in [-0.3, -0.25) is 4.79 Å². The molecule has 1 aliphatic rings. The SMILES string of the molecule is CCCN(CCC)c1ccc(NC(=O)C2CCOCC2)nn1. The zero-order chi connectivity index (χ0) is 15.8. The Bertz CT molecular complexity index is 452. The number of nitrogens with zero attached hydrogens (tertiary/aromatic N) is 3. The number of carbonyl (C=O) groups excluding carboxylic acids is 1. The first-order chi connectivity index (χ1) is 10.7. The van der Waals surface area contributed by atoms with Gasteiger partial charge in [-0.2, -0.15) is 0 Å². The maximum atomic E-state index is 12.1. The zero-order valence-electron chi connectivity index (χ0n) is 13.5. The van der Waals surface area contributed by atoms with E-state index in [0.29, 0.717) is 19.0 Å². The van der Waals surface area contributed by atoms with E-state index in [1.165, 1.54) is 0 Å². The largest absolute Gasteiger partial charge is 0.381 e. The molecule has 0 radical (unpaired) electrons. The van der Waals surface area contributed by atoms with Crippen LogP contribution in [0.4, 0.5) is 11.6 Å². The number of aromatic nitrogens is 2. The number of hydrogen-bond acceptors (Lipinski definition) is 5. The fraction of sp³-hybridized carbons (Fsp3) is 0.688. The molecule has 22 heavy (non-hydrogen) atoms. The van der Waals surface area contributed by atoms with Crippen molar-refractivity contribution < 1.29 is 9.53 Å². The highest BCUT2D eigenvalue weighted by Gasteiger charge is 2.22. The van der Waals surface area contributed by atoms with E-state index in [1.54, 1.807) is 0 Å². The Kier molecular flexibility index (Phi) is 6.58. The van der Waals surface area contributed by atoms with Gasteiger partial charge in [0.05, 0.1) is 0 Å². The maximum Gasteiger partial charge on any atom is 0.228 e. The first-order valence-corrected chi connectivity index (χ1v) is 8.21. The van der Waals surface area contributed by atoms with E-state index in [9.17, 15) is 4.79 Å². The summed E-state index contributed by atoms with van der Waals surface area (Å²) in [5.74, 6) is 1.43. The number of rotatable bonds is 7. The molecule has 1 saturated heterocycles. The molecule has 1 amide bonds. The minimum absolute atomic E-state index is 0.0179. The number of nitrogens with one attached hydrogen (secondary N) is 1. The Morgan fingerprint density at radius 2 is 1.91 bits per heavy atom. The third-order valence-electron chi connectivity index (χ3n) is 3.80. The molecule has 0 spiro atoms. The Balaban J connectivity index is 1.94. The highest BCUT2D eigenvalue weighted by molar-refractivity contribution is 5.91. The lowest BCUT2D eigenvalue weighted by Crippen LogP contribution is -2.29. The molecule has 6 nitrogen and oxygen atoms in total. The molecule has 2 rings (SSSR count). The van der Waals surface area contributed by atoms with Crippen molar-refractivity contribution in [3.8, 4) is 0 Å². The first kappa shape index (κ1) is 16.7. The fourth-order valence-corrected chi connectivity index (χ4v) is 2.63. The number of carbonyl (C=O) groups is 1. The second-order valence-electron chi connectivity index (χ2n) is 5.64. The summed E-state index contributed by atoms with van der Waals surface area (Å²) in [6, 6.07) is 3.76. The van der Waals surface area contributed by atoms with Crippen molar-refractivity contribution in [3.05, 3.63) is 12.1 Å². The van der Waals surface area contributed by atoms with Crippen LogP contribution in [0.3, 0.4) is 0 Å². The lowest BCUT2D eigenvalue weighted by Gasteiger charge is -2.22. The summed E-state index contributed by atoms with van der Waals surface area (Å²) in [6.07, 6.45) is 3.70. The molecular weight excluding hydrogens is 280 g/mol. The predicted molar refractivity (Wildman–Crippen MR) is 87.0 cm³/mol. The van der Waals surface area contributed by atoms with E-state index in [1.807, 2.05) is 12.1 Å². The van der Waals surface area contributed by atoms with Gasteiger partial charge in [0, 0.05) is 32.2 Å². The van der Waals surface area contributed by atoms with Crippen LogP contribution < -0.4 is 10.2 Å². The van der Waals surface area contributed by atoms with Crippen LogP contribution in [0, 0.1) is 5.92 Å². The van der Waals surface area contributed by atoms with Crippen LogP contribution in [0.5, 0.6) is 0 Å². The van der Waals surface area contributed by atoms with Crippen LogP contribution in [-0.2, 0) is 9.53 Å². The van der Waals surface area contributed by atoms with Gasteiger partial charge in [-0.05, 0) is 37.8 Å². The molecule has 0 aliphatic carbocycles. The van der Waals surface area contributed by atoms with Gasteiger partial charge >= 0.3 is 0 Å². The predicted octanol–water partition coefficient (Wildman–Crippen LogP) is 2.47. The normalized spacial score (nSPS) is 15.5. The Morgan fingerprint density at radius 1 is 1.23 bits per heavy atom. The van der Waals surface area contributed by atoms with Crippen molar-refractivity contribution in [1.29, 1.82) is 0 Å². The molecule has 6 heteroatoms. The van der Waals surface area contributed by atoms with E-state index < -0.39 is 0 Å². The molecule has 1 aliphatic heterocycles. The highest BCUT2D eigenvalue weighted by atomic mass is 16.5. The van der Waals surface area contributed by atoms with Crippen molar-refractivity contribution in [3.63, 3.8) is 0 Å². The van der Waals surface area contributed by atoms with Gasteiger partial charge in [-0.1, -0.05) is 13.8 Å². The summed E-state index contributed by atoms with van der Waals surface area (Å²) in [4.78, 5) is 14.4. The van der Waals surface area contributed by atoms with Gasteiger partial charge in [-0.25, -0.2) is 0 Å². The monoisotopic (exact) mass is 306 g/mol. The fourth-order valence-electron chi connectivity index (χ4n) is 2.63. The molecule has 1 N–H and O–H groups in total. The standard InChI is InChI=1S/C16H26N4O2/c1-3-9-20(10-4-2)15-6-5-14(18-19-15)17-16(21)13-7-11-22-12-8-13/h5-6,13H,3-4,7-12H2,1-2H3,(H,17,18,21). The number of hydrogen-bond donors (Lipinski definition) is 1. The van der Waals surface area contributed by atoms with Gasteiger partial charge in [0.25, 0.3) is 0 Å². The topological polar surface area (TPSA) is 67.4 Å². The molecule has 1 aromatic heterocycles. The lowest BCUT2D eigenvalue weighted by molar-refractivity contribution is -0.122. The van der Waals surface area contributed by atoms with Crippen molar-refractivity contribution in [2.45, 2.75) is 39.5 Å². The van der Waals surface area contributed by atoms with Crippen molar-refractivity contribution in [1.82, 2.24) is 10.2 Å². The molecule has 0 bridgehead atoms. The van der Waals surface area contributed by atoms with Gasteiger partial charge < -0.3 is 15.0 Å². The van der Waals surface area contributed by atoms with Crippen LogP contribution in [-0.4, -0.2) is 42.4 Å². The molecule has 0 atom stereocenters. The van der Waals surface area contributed by atoms with Gasteiger partial charge in [0.15, 0.2) is 11.6 Å². The van der Waals surface area contributed by atoms with Crippen LogP contribution in [0.25, 0.3) is 0 Å². The number of ether oxygens (including phenoxy) is 1. The Hall–Kier alpha value is -1.69. The quantitative estimate of drug-likeness (QED) is 0.838. The van der Waals surface area contributed by atoms with Crippen molar-refractivity contribution in [2.75, 3.05) is 36.5 Å². The average molecular weight is 306 g/mol. The second kappa shape index (κ2) is 8.68. The van der Waals surface area contributed by atoms with E-state index in [0.717, 1.165) is 44.6 Å². The zero-order valence-corrected chi connectivity index (χ0v) is 13.5. The summed E-state index contributed by atoms with van der Waals surface area (Å²) in [5.41, 5.74) is 0. The summed E-state index contributed by atoms with van der Waals surface area (Å²) in [5, 5.41) is 11.3. The molecule has 0 aromatic carbocycles. The molecule has 1 fully saturated rings. The third kappa shape index (κ3) is 4.66. The Labute approximate surface area is 132 Å². The molecule has 122 valence electrons. The van der Waals surface area contributed by atoms with E-state index in [4.69, 9.17) is 4.74 Å². The summed E-state index contributed by atoms with van der Waals surface area (Å²) in [6.45, 7) is 7.56. The minimum Gasteiger partial charge on any atom is -0.381 e. The molecule has 1 aromatic rings. The second-order valence-corrected chi connectivity index (χ2v) is 5.64. The molecule has 0 saturated carbocycles. The summed E-state index contributed by atoms with van der Waals surface area (Å²) >= 11 is 0. The van der Waals surface area contributed by atoms with Crippen LogP contribution in [0.15, 0.2) is 12.1 Å². The minimum atomic E-state index is 0.0179. The number of amides is 1. The van der Waals surface area contributed by atoms with E-state index in [-0.39, 0.29) is 11.8 Å². The molecule has 2 heterocycles. The van der Waals surface area contributed by atoms with Crippen LogP contribution in [0.2, 0.25) is 0 Å². The van der Waals surface area contributed by atoms with Crippen LogP contribution in [0.1, 0.15) is 39.5 Å². The molecule has 0 unspecified atom stereocenters. The maximum absolute atomic E-state index is 12.1. The van der Waals surface area contributed by atoms with E-state index in [2.05, 4.69) is 34.3 Å². The average Bonchev–Trinajstić information content (AvgIpc) is 2.56. The summed E-state index contributed by atoms with van der Waals surface area (Å²) < 4.78 is 5.27. The van der Waals surface area contributed by atoms with Gasteiger partial charge in [-0.15, -0.1) is 10.2 Å². The highest BCUT2D eigenvalue weighted by Crippen LogP contribution is 2.18. The lowest BCUT2D eigenvalue weighted by atomic mass is 9.99. The van der Waals surface area contributed by atoms with Gasteiger partial charge in [0.2, 0.25) is 5.91 Å². The number of anilines is 2. The molecular formula is C16H26N4O2. The smallest absolute Gasteiger partial charge is 0.228 e. The van der Waals surface area contributed by atoms with Gasteiger partial charge in [0.1, 0.15) is 0 Å². The third-order valence-corrected chi connectivity index (χ3v) is 3.80.